The van der Waals surface area contributed by atoms with Crippen molar-refractivity contribution in [2.45, 2.75) is 104 Å². The topological polar surface area (TPSA) is 104 Å². The van der Waals surface area contributed by atoms with Crippen LogP contribution < -0.4 is 0 Å². The van der Waals surface area contributed by atoms with Crippen molar-refractivity contribution in [3.63, 3.8) is 0 Å². The minimum Gasteiger partial charge on any atom is -0.481 e. The molecule has 7 nitrogen and oxygen atoms in total. The zero-order chi connectivity index (χ0) is 23.8. The Balaban J connectivity index is 0.000000433. The molecule has 0 saturated heterocycles. The van der Waals surface area contributed by atoms with Gasteiger partial charge in [-0.05, 0) is 57.5 Å². The van der Waals surface area contributed by atoms with Crippen molar-refractivity contribution >= 4 is 17.9 Å². The lowest BCUT2D eigenvalue weighted by atomic mass is 9.62. The minimum absolute atomic E-state index is 0.0628. The highest BCUT2D eigenvalue weighted by molar-refractivity contribution is 5.77. The molecule has 0 aliphatic heterocycles. The Kier molecular flexibility index (Phi) is 14.3. The number of hydrogen-bond donors (Lipinski definition) is 2. The molecule has 0 bridgehead atoms. The van der Waals surface area contributed by atoms with Crippen molar-refractivity contribution in [3.05, 3.63) is 0 Å². The number of hydrogen-bond acceptors (Lipinski definition) is 5. The Morgan fingerprint density at radius 3 is 1.81 bits per heavy atom. The molecule has 0 atom stereocenters. The molecular weight excluding hydrogens is 410 g/mol. The van der Waals surface area contributed by atoms with Crippen LogP contribution in [0.1, 0.15) is 104 Å². The Morgan fingerprint density at radius 2 is 1.34 bits per heavy atom. The smallest absolute Gasteiger partial charge is 0.312 e. The predicted molar refractivity (Wildman–Crippen MR) is 125 cm³/mol. The molecule has 0 aromatic heterocycles. The van der Waals surface area contributed by atoms with Crippen LogP contribution >= 0.6 is 0 Å². The van der Waals surface area contributed by atoms with Gasteiger partial charge in [0.2, 0.25) is 0 Å². The van der Waals surface area contributed by atoms with Crippen LogP contribution in [0.4, 0.5) is 0 Å². The summed E-state index contributed by atoms with van der Waals surface area (Å²) in [6.45, 7) is 7.82. The third-order valence-corrected chi connectivity index (χ3v) is 7.11. The van der Waals surface area contributed by atoms with Gasteiger partial charge in [0.05, 0.1) is 5.41 Å². The molecule has 0 heterocycles. The van der Waals surface area contributed by atoms with Crippen molar-refractivity contribution in [2.75, 3.05) is 26.2 Å². The number of rotatable bonds is 12. The quantitative estimate of drug-likeness (QED) is 0.311. The highest BCUT2D eigenvalue weighted by Gasteiger charge is 2.47. The van der Waals surface area contributed by atoms with Crippen LogP contribution in [0.2, 0.25) is 0 Å². The van der Waals surface area contributed by atoms with E-state index in [0.29, 0.717) is 25.4 Å². The molecule has 2 fully saturated rings. The fourth-order valence-electron chi connectivity index (χ4n) is 5.12. The average molecular weight is 456 g/mol. The molecular formula is C25H45NO6. The van der Waals surface area contributed by atoms with E-state index in [2.05, 4.69) is 18.7 Å². The number of esters is 1. The van der Waals surface area contributed by atoms with E-state index in [1.807, 2.05) is 0 Å². The van der Waals surface area contributed by atoms with E-state index < -0.39 is 11.9 Å². The number of carbonyl (C=O) groups is 3. The SMILES string of the molecule is CCN(CC)CCOC(=O)C1(C2CCCCC2)CCCCC1.O=C(O)CCCCC(=O)O. The van der Waals surface area contributed by atoms with E-state index in [4.69, 9.17) is 14.9 Å². The molecule has 2 N–H and O–H groups in total. The van der Waals surface area contributed by atoms with Crippen molar-refractivity contribution in [2.24, 2.45) is 11.3 Å². The summed E-state index contributed by atoms with van der Waals surface area (Å²) in [4.78, 5) is 35.1. The van der Waals surface area contributed by atoms with Gasteiger partial charge in [-0.1, -0.05) is 52.4 Å². The highest BCUT2D eigenvalue weighted by atomic mass is 16.5. The third-order valence-electron chi connectivity index (χ3n) is 7.11. The fraction of sp³-hybridized carbons (Fsp3) is 0.880. The standard InChI is InChI=1S/C19H35NO2.C6H10O4/c1-3-20(4-2)15-16-22-18(21)19(13-9-6-10-14-19)17-11-7-5-8-12-17;7-5(8)3-1-2-4-6(9)10/h17H,3-16H2,1-2H3;1-4H2,(H,7,8)(H,9,10). The van der Waals surface area contributed by atoms with E-state index >= 15 is 0 Å². The molecule has 32 heavy (non-hydrogen) atoms. The molecule has 186 valence electrons. The first-order valence-corrected chi connectivity index (χ1v) is 12.7. The first-order valence-electron chi connectivity index (χ1n) is 12.7. The van der Waals surface area contributed by atoms with Crippen molar-refractivity contribution in [1.82, 2.24) is 4.90 Å². The molecule has 2 rings (SSSR count). The van der Waals surface area contributed by atoms with Crippen LogP contribution in [0.5, 0.6) is 0 Å². The molecule has 0 aromatic carbocycles. The van der Waals surface area contributed by atoms with Crippen LogP contribution in [-0.2, 0) is 19.1 Å². The minimum atomic E-state index is -0.870. The second kappa shape index (κ2) is 16.1. The Hall–Kier alpha value is -1.63. The summed E-state index contributed by atoms with van der Waals surface area (Å²) in [7, 11) is 0. The van der Waals surface area contributed by atoms with Crippen LogP contribution in [0, 0.1) is 11.3 Å². The fourth-order valence-corrected chi connectivity index (χ4v) is 5.12. The van der Waals surface area contributed by atoms with Gasteiger partial charge < -0.3 is 19.8 Å². The number of likely N-dealkylation sites (N-methyl/N-ethyl adjacent to an activating group) is 1. The maximum Gasteiger partial charge on any atom is 0.312 e. The van der Waals surface area contributed by atoms with Crippen LogP contribution in [0.25, 0.3) is 0 Å². The van der Waals surface area contributed by atoms with E-state index in [1.165, 1.54) is 51.4 Å². The van der Waals surface area contributed by atoms with Gasteiger partial charge in [-0.2, -0.15) is 0 Å². The van der Waals surface area contributed by atoms with Gasteiger partial charge in [-0.3, -0.25) is 14.4 Å². The maximum atomic E-state index is 12.9. The largest absolute Gasteiger partial charge is 0.481 e. The zero-order valence-corrected chi connectivity index (χ0v) is 20.3. The molecule has 2 aliphatic rings. The van der Waals surface area contributed by atoms with Gasteiger partial charge in [-0.15, -0.1) is 0 Å². The van der Waals surface area contributed by atoms with Gasteiger partial charge >= 0.3 is 17.9 Å². The van der Waals surface area contributed by atoms with E-state index in [-0.39, 0.29) is 24.2 Å². The van der Waals surface area contributed by atoms with Gasteiger partial charge in [0, 0.05) is 19.4 Å². The van der Waals surface area contributed by atoms with Crippen molar-refractivity contribution < 1.29 is 29.3 Å². The number of ether oxygens (including phenoxy) is 1. The maximum absolute atomic E-state index is 12.9. The normalized spacial score (nSPS) is 18.5. The van der Waals surface area contributed by atoms with E-state index in [0.717, 1.165) is 32.5 Å². The summed E-state index contributed by atoms with van der Waals surface area (Å²) in [6.07, 6.45) is 13.3. The van der Waals surface area contributed by atoms with Gasteiger partial charge in [0.25, 0.3) is 0 Å². The van der Waals surface area contributed by atoms with E-state index in [1.54, 1.807) is 0 Å². The summed E-state index contributed by atoms with van der Waals surface area (Å²) in [5.41, 5.74) is -0.137. The summed E-state index contributed by atoms with van der Waals surface area (Å²) in [5, 5.41) is 16.3. The number of aliphatic carboxylic acids is 2. The summed E-state index contributed by atoms with van der Waals surface area (Å²) < 4.78 is 5.79. The molecule has 2 aliphatic carbocycles. The molecule has 0 radical (unpaired) electrons. The summed E-state index contributed by atoms with van der Waals surface area (Å²) >= 11 is 0. The average Bonchev–Trinajstić information content (AvgIpc) is 2.80. The van der Waals surface area contributed by atoms with Crippen LogP contribution in [0.15, 0.2) is 0 Å². The third kappa shape index (κ3) is 10.3. The first kappa shape index (κ1) is 28.4. The lowest BCUT2D eigenvalue weighted by molar-refractivity contribution is -0.164. The molecule has 2 saturated carbocycles. The zero-order valence-electron chi connectivity index (χ0n) is 20.3. The number of unbranched alkanes of at least 4 members (excludes halogenated alkanes) is 1. The van der Waals surface area contributed by atoms with Gasteiger partial charge in [0.1, 0.15) is 6.61 Å². The summed E-state index contributed by atoms with van der Waals surface area (Å²) in [5.74, 6) is -1.02. The first-order chi connectivity index (χ1) is 15.4. The number of nitrogens with zero attached hydrogens (tertiary/aromatic N) is 1. The predicted octanol–water partition coefficient (Wildman–Crippen LogP) is 5.12. The number of carboxylic acid groups (broad SMARTS) is 2. The molecule has 7 heteroatoms. The van der Waals surface area contributed by atoms with E-state index in [9.17, 15) is 14.4 Å². The molecule has 0 amide bonds. The Morgan fingerprint density at radius 1 is 0.844 bits per heavy atom. The molecule has 0 aromatic rings. The molecule has 0 unspecified atom stereocenters. The van der Waals surface area contributed by atoms with Gasteiger partial charge in [0.15, 0.2) is 0 Å². The van der Waals surface area contributed by atoms with Crippen LogP contribution in [0.3, 0.4) is 0 Å². The number of carbonyl (C=O) groups excluding carboxylic acids is 1. The van der Waals surface area contributed by atoms with Gasteiger partial charge in [-0.25, -0.2) is 0 Å². The Labute approximate surface area is 193 Å². The summed E-state index contributed by atoms with van der Waals surface area (Å²) in [6, 6.07) is 0. The number of carboxylic acids is 2. The second-order valence-corrected chi connectivity index (χ2v) is 9.21. The monoisotopic (exact) mass is 455 g/mol. The van der Waals surface area contributed by atoms with Crippen molar-refractivity contribution in [1.29, 1.82) is 0 Å². The lowest BCUT2D eigenvalue weighted by Crippen LogP contribution is -2.43. The molecule has 0 spiro atoms. The van der Waals surface area contributed by atoms with Crippen molar-refractivity contribution in [3.8, 4) is 0 Å². The highest BCUT2D eigenvalue weighted by Crippen LogP contribution is 2.49. The second-order valence-electron chi connectivity index (χ2n) is 9.21. The lowest BCUT2D eigenvalue weighted by Gasteiger charge is -2.43. The van der Waals surface area contributed by atoms with Crippen LogP contribution in [-0.4, -0.2) is 59.3 Å². The Bertz CT molecular complexity index is 533.